The first-order chi connectivity index (χ1) is 21.3. The Labute approximate surface area is 261 Å². The lowest BCUT2D eigenvalue weighted by Crippen LogP contribution is -2.64. The maximum Gasteiger partial charge on any atom is 0.266 e. The molecule has 242 valence electrons. The smallest absolute Gasteiger partial charge is 0.266 e. The van der Waals surface area contributed by atoms with Gasteiger partial charge in [-0.2, -0.15) is 19.6 Å². The maximum atomic E-state index is 13.5. The van der Waals surface area contributed by atoms with Crippen LogP contribution in [-0.2, 0) is 29.1 Å². The van der Waals surface area contributed by atoms with Gasteiger partial charge in [0.05, 0.1) is 13.2 Å². The van der Waals surface area contributed by atoms with Crippen molar-refractivity contribution in [2.45, 2.75) is 114 Å². The average molecular weight is 611 g/mol. The van der Waals surface area contributed by atoms with E-state index in [1.807, 2.05) is 30.9 Å². The van der Waals surface area contributed by atoms with E-state index in [0.717, 1.165) is 95.5 Å². The van der Waals surface area contributed by atoms with E-state index in [-0.39, 0.29) is 5.91 Å². The Bertz CT molecular complexity index is 1140. The molecule has 2 spiro atoms. The number of nitrogens with zero attached hydrogens (tertiary/aromatic N) is 2. The van der Waals surface area contributed by atoms with Gasteiger partial charge in [0.25, 0.3) is 5.91 Å². The van der Waals surface area contributed by atoms with E-state index in [1.165, 1.54) is 37.7 Å². The fraction of sp³-hybridized carbons (Fsp3) is 0.800. The van der Waals surface area contributed by atoms with E-state index in [0.29, 0.717) is 23.8 Å². The first-order valence-electron chi connectivity index (χ1n) is 17.4. The summed E-state index contributed by atoms with van der Waals surface area (Å²) < 4.78 is 11.8. The molecule has 4 bridgehead atoms. The molecule has 3 heterocycles. The first-order valence-corrected chi connectivity index (χ1v) is 17.4. The van der Waals surface area contributed by atoms with Gasteiger partial charge in [0.15, 0.2) is 5.60 Å². The van der Waals surface area contributed by atoms with Crippen molar-refractivity contribution in [2.24, 2.45) is 23.7 Å². The molecule has 9 nitrogen and oxygen atoms in total. The molecule has 8 fully saturated rings. The van der Waals surface area contributed by atoms with Gasteiger partial charge < -0.3 is 14.4 Å². The molecule has 0 radical (unpaired) electrons. The highest BCUT2D eigenvalue weighted by Gasteiger charge is 2.64. The molecular formula is C35H50N2O7. The summed E-state index contributed by atoms with van der Waals surface area (Å²) in [7, 11) is 0. The molecule has 44 heavy (non-hydrogen) atoms. The van der Waals surface area contributed by atoms with Gasteiger partial charge >= 0.3 is 0 Å². The Morgan fingerprint density at radius 2 is 1.39 bits per heavy atom. The number of hydrogen-bond donors (Lipinski definition) is 0. The number of amides is 1. The molecule has 9 heteroatoms. The van der Waals surface area contributed by atoms with Gasteiger partial charge in [0.1, 0.15) is 5.75 Å². The summed E-state index contributed by atoms with van der Waals surface area (Å²) in [6, 6.07) is 8.85. The predicted molar refractivity (Wildman–Crippen MR) is 161 cm³/mol. The number of piperidine rings is 1. The van der Waals surface area contributed by atoms with E-state index < -0.39 is 17.2 Å². The molecule has 1 aromatic rings. The number of benzene rings is 1. The summed E-state index contributed by atoms with van der Waals surface area (Å²) in [5.41, 5.74) is 0.353. The Kier molecular flexibility index (Phi) is 7.74. The Morgan fingerprint density at radius 1 is 0.795 bits per heavy atom. The van der Waals surface area contributed by atoms with Crippen LogP contribution in [0, 0.1) is 23.7 Å². The number of carbonyl (C=O) groups is 1. The standard InChI is InChI=1S/C35H50N2O7/c1-33(2,32(38)37-13-9-30(10-14-37)36-15-17-39-18-16-36)40-31-5-3-26(4-6-31)27-7-11-34(12-8-27)41-43-35(44-42-34)28-20-24-19-25(22-28)23-29(35)21-24/h3-6,24-25,27-30H,7-23H2,1-2H3. The van der Waals surface area contributed by atoms with Crippen LogP contribution < -0.4 is 4.74 Å². The quantitative estimate of drug-likeness (QED) is 0.400. The fourth-order valence-electron chi connectivity index (χ4n) is 9.88. The highest BCUT2D eigenvalue weighted by molar-refractivity contribution is 5.85. The van der Waals surface area contributed by atoms with Crippen LogP contribution in [0.2, 0.25) is 0 Å². The molecule has 5 saturated carbocycles. The lowest BCUT2D eigenvalue weighted by atomic mass is 9.53. The Morgan fingerprint density at radius 3 is 1.98 bits per heavy atom. The van der Waals surface area contributed by atoms with E-state index >= 15 is 0 Å². The summed E-state index contributed by atoms with van der Waals surface area (Å²) in [6.45, 7) is 8.96. The molecule has 9 rings (SSSR count). The molecule has 1 amide bonds. The number of morpholine rings is 1. The first kappa shape index (κ1) is 29.6. The summed E-state index contributed by atoms with van der Waals surface area (Å²) in [6.07, 6.45) is 11.4. The number of rotatable bonds is 5. The fourth-order valence-corrected chi connectivity index (χ4v) is 9.88. The van der Waals surface area contributed by atoms with Crippen LogP contribution in [-0.4, -0.2) is 78.3 Å². The minimum Gasteiger partial charge on any atom is -0.478 e. The zero-order valence-corrected chi connectivity index (χ0v) is 26.5. The third kappa shape index (κ3) is 5.39. The van der Waals surface area contributed by atoms with E-state index in [1.54, 1.807) is 0 Å². The molecular weight excluding hydrogens is 560 g/mol. The summed E-state index contributed by atoms with van der Waals surface area (Å²) >= 11 is 0. The molecule has 3 saturated heterocycles. The molecule has 3 aliphatic heterocycles. The van der Waals surface area contributed by atoms with Crippen molar-refractivity contribution in [1.82, 2.24) is 9.80 Å². The zero-order valence-electron chi connectivity index (χ0n) is 26.5. The SMILES string of the molecule is CC(C)(Oc1ccc(C2CCC3(CC2)OOC2(OO3)C3CC4CC(C3)CC2C4)cc1)C(=O)N1CCC(N2CCOCC2)CC1. The number of ether oxygens (including phenoxy) is 2. The minimum absolute atomic E-state index is 0.0620. The van der Waals surface area contributed by atoms with E-state index in [9.17, 15) is 4.79 Å². The van der Waals surface area contributed by atoms with Crippen molar-refractivity contribution in [3.63, 3.8) is 0 Å². The van der Waals surface area contributed by atoms with Gasteiger partial charge in [0.2, 0.25) is 11.6 Å². The van der Waals surface area contributed by atoms with Crippen molar-refractivity contribution < 1.29 is 33.8 Å². The van der Waals surface area contributed by atoms with Crippen molar-refractivity contribution in [1.29, 1.82) is 0 Å². The molecule has 0 unspecified atom stereocenters. The van der Waals surface area contributed by atoms with Gasteiger partial charge in [-0.05, 0) is 107 Å². The van der Waals surface area contributed by atoms with Crippen molar-refractivity contribution in [3.8, 4) is 5.75 Å². The van der Waals surface area contributed by atoms with Gasteiger partial charge in [-0.3, -0.25) is 9.69 Å². The van der Waals surface area contributed by atoms with Gasteiger partial charge in [-0.1, -0.05) is 12.1 Å². The normalized spacial score (nSPS) is 39.7. The van der Waals surface area contributed by atoms with Gasteiger partial charge in [-0.15, -0.1) is 0 Å². The second-order valence-electron chi connectivity index (χ2n) is 15.4. The lowest BCUT2D eigenvalue weighted by Gasteiger charge is -2.60. The van der Waals surface area contributed by atoms with Crippen LogP contribution in [0.3, 0.4) is 0 Å². The average Bonchev–Trinajstić information content (AvgIpc) is 3.05. The summed E-state index contributed by atoms with van der Waals surface area (Å²) in [5, 5.41) is 0. The number of likely N-dealkylation sites (tertiary alicyclic amines) is 1. The largest absolute Gasteiger partial charge is 0.478 e. The predicted octanol–water partition coefficient (Wildman–Crippen LogP) is 5.58. The van der Waals surface area contributed by atoms with Crippen LogP contribution in [0.25, 0.3) is 0 Å². The van der Waals surface area contributed by atoms with E-state index in [2.05, 4.69) is 17.0 Å². The Balaban J connectivity index is 0.820. The van der Waals surface area contributed by atoms with Crippen LogP contribution >= 0.6 is 0 Å². The number of carbonyl (C=O) groups excluding carboxylic acids is 1. The van der Waals surface area contributed by atoms with Crippen molar-refractivity contribution in [2.75, 3.05) is 39.4 Å². The third-order valence-corrected chi connectivity index (χ3v) is 12.2. The van der Waals surface area contributed by atoms with Gasteiger partial charge in [-0.25, -0.2) is 0 Å². The second-order valence-corrected chi connectivity index (χ2v) is 15.4. The monoisotopic (exact) mass is 610 g/mol. The molecule has 0 aromatic heterocycles. The molecule has 0 N–H and O–H groups in total. The Hall–Kier alpha value is -1.75. The second kappa shape index (κ2) is 11.5. The maximum absolute atomic E-state index is 13.5. The van der Waals surface area contributed by atoms with Crippen molar-refractivity contribution in [3.05, 3.63) is 29.8 Å². The molecule has 8 aliphatic rings. The van der Waals surface area contributed by atoms with Crippen molar-refractivity contribution >= 4 is 5.91 Å². The van der Waals surface area contributed by atoms with E-state index in [4.69, 9.17) is 29.0 Å². The highest BCUT2D eigenvalue weighted by atomic mass is 17.4. The van der Waals surface area contributed by atoms with Crippen LogP contribution in [0.1, 0.15) is 96.0 Å². The van der Waals surface area contributed by atoms with Crippen LogP contribution in [0.4, 0.5) is 0 Å². The number of hydrogen-bond acceptors (Lipinski definition) is 8. The summed E-state index contributed by atoms with van der Waals surface area (Å²) in [4.78, 5) is 42.7. The lowest BCUT2D eigenvalue weighted by molar-refractivity contribution is -0.680. The molecule has 0 atom stereocenters. The van der Waals surface area contributed by atoms with Crippen LogP contribution in [0.5, 0.6) is 5.75 Å². The third-order valence-electron chi connectivity index (χ3n) is 12.2. The molecule has 1 aromatic carbocycles. The highest BCUT2D eigenvalue weighted by Crippen LogP contribution is 2.62. The van der Waals surface area contributed by atoms with Crippen LogP contribution in [0.15, 0.2) is 24.3 Å². The molecule has 5 aliphatic carbocycles. The topological polar surface area (TPSA) is 78.9 Å². The zero-order chi connectivity index (χ0) is 29.9. The minimum atomic E-state index is -0.922. The van der Waals surface area contributed by atoms with Gasteiger partial charge in [0, 0.05) is 56.9 Å². The summed E-state index contributed by atoms with van der Waals surface area (Å²) in [5.74, 6) is 2.13.